The van der Waals surface area contributed by atoms with Crippen LogP contribution in [0, 0.1) is 23.6 Å². The molecule has 2 fully saturated rings. The number of aliphatic hydroxyl groups excluding tert-OH is 2. The van der Waals surface area contributed by atoms with Crippen LogP contribution >= 0.6 is 0 Å². The lowest BCUT2D eigenvalue weighted by Crippen LogP contribution is -2.70. The van der Waals surface area contributed by atoms with Crippen molar-refractivity contribution in [3.63, 3.8) is 0 Å². The molecule has 56 heavy (non-hydrogen) atoms. The smallest absolute Gasteiger partial charge is 0.410 e. The summed E-state index contributed by atoms with van der Waals surface area (Å²) >= 11 is 0. The monoisotopic (exact) mass is 776 g/mol. The zero-order valence-corrected chi connectivity index (χ0v) is 32.2. The maximum atomic E-state index is 14.4. The molecular weight excluding hydrogens is 719 g/mol. The third-order valence-corrected chi connectivity index (χ3v) is 11.5. The summed E-state index contributed by atoms with van der Waals surface area (Å²) in [6, 6.07) is 10.2. The molecule has 11 nitrogen and oxygen atoms in total. The number of halogens is 1. The number of carbonyl (C=O) groups is 1. The molecule has 1 saturated heterocycles. The molecule has 2 aliphatic heterocycles. The van der Waals surface area contributed by atoms with E-state index in [0.29, 0.717) is 49.3 Å². The zero-order chi connectivity index (χ0) is 39.5. The summed E-state index contributed by atoms with van der Waals surface area (Å²) in [5.74, 6) is -2.12. The number of benzene rings is 2. The lowest BCUT2D eigenvalue weighted by molar-refractivity contribution is -0.256. The summed E-state index contributed by atoms with van der Waals surface area (Å²) in [6.07, 6.45) is 12.0. The minimum Gasteiger partial charge on any atom is -0.508 e. The van der Waals surface area contributed by atoms with Gasteiger partial charge >= 0.3 is 6.09 Å². The first-order chi connectivity index (χ1) is 27.3. The molecule has 4 aliphatic rings. The van der Waals surface area contributed by atoms with Gasteiger partial charge in [0.05, 0.1) is 31.5 Å². The molecular formula is C44H57FN2O9. The number of unbranched alkanes of at least 4 members (excludes halogenated alkanes) is 2. The van der Waals surface area contributed by atoms with Crippen molar-refractivity contribution in [2.75, 3.05) is 33.0 Å². The van der Waals surface area contributed by atoms with Crippen molar-refractivity contribution in [1.29, 1.82) is 0 Å². The number of aromatic hydroxyl groups is 1. The van der Waals surface area contributed by atoms with E-state index in [0.717, 1.165) is 49.7 Å². The van der Waals surface area contributed by atoms with Crippen molar-refractivity contribution in [1.82, 2.24) is 4.90 Å². The summed E-state index contributed by atoms with van der Waals surface area (Å²) < 4.78 is 40.1. The number of hydrogen-bond donors (Lipinski definition) is 3. The third kappa shape index (κ3) is 9.31. The molecule has 2 aromatic carbocycles. The van der Waals surface area contributed by atoms with Crippen LogP contribution in [0.2, 0.25) is 0 Å². The van der Waals surface area contributed by atoms with Crippen LogP contribution in [0.15, 0.2) is 84.6 Å². The van der Waals surface area contributed by atoms with E-state index in [9.17, 15) is 24.5 Å². The van der Waals surface area contributed by atoms with Gasteiger partial charge in [0.2, 0.25) is 12.1 Å². The van der Waals surface area contributed by atoms with E-state index in [1.54, 1.807) is 47.4 Å². The van der Waals surface area contributed by atoms with Crippen molar-refractivity contribution < 1.29 is 48.3 Å². The number of rotatable bonds is 19. The predicted octanol–water partition coefficient (Wildman–Crippen LogP) is 7.91. The minimum atomic E-state index is -1.52. The van der Waals surface area contributed by atoms with Gasteiger partial charge in [-0.05, 0) is 98.2 Å². The average molecular weight is 777 g/mol. The molecule has 2 heterocycles. The average Bonchev–Trinajstić information content (AvgIpc) is 3.21. The minimum absolute atomic E-state index is 0.00200. The van der Waals surface area contributed by atoms with Gasteiger partial charge < -0.3 is 39.1 Å². The van der Waals surface area contributed by atoms with Crippen molar-refractivity contribution in [3.8, 4) is 11.5 Å². The van der Waals surface area contributed by atoms with Gasteiger partial charge in [-0.25, -0.2) is 9.18 Å². The molecule has 2 aliphatic carbocycles. The Hall–Kier alpha value is -4.23. The number of carbonyl (C=O) groups excluding carboxylic acids is 1. The van der Waals surface area contributed by atoms with Crippen LogP contribution in [-0.2, 0) is 25.6 Å². The lowest BCUT2D eigenvalue weighted by atomic mass is 9.55. The van der Waals surface area contributed by atoms with Gasteiger partial charge in [0.15, 0.2) is 0 Å². The van der Waals surface area contributed by atoms with Crippen molar-refractivity contribution in [2.24, 2.45) is 22.9 Å². The fraction of sp³-hybridized carbons (Fsp3) is 0.545. The second-order valence-electron chi connectivity index (χ2n) is 15.1. The highest BCUT2D eigenvalue weighted by atomic mass is 19.1. The molecule has 0 spiro atoms. The van der Waals surface area contributed by atoms with Crippen molar-refractivity contribution in [3.05, 3.63) is 96.4 Å². The number of phenols is 1. The molecule has 2 aromatic rings. The Balaban J connectivity index is 1.58. The molecule has 7 atom stereocenters. The zero-order valence-electron chi connectivity index (χ0n) is 32.2. The first kappa shape index (κ1) is 41.4. The van der Waals surface area contributed by atoms with Gasteiger partial charge in [0, 0.05) is 44.1 Å². The Morgan fingerprint density at radius 1 is 1.04 bits per heavy atom. The second kappa shape index (κ2) is 19.8. The first-order valence-corrected chi connectivity index (χ1v) is 20.2. The highest BCUT2D eigenvalue weighted by Gasteiger charge is 2.65. The molecule has 0 radical (unpaired) electrons. The number of fused-ring (bicyclic) bond motifs is 2. The number of phenolic OH excluding ortho intramolecular Hbond substituents is 1. The Bertz CT molecular complexity index is 1690. The molecule has 6 rings (SSSR count). The summed E-state index contributed by atoms with van der Waals surface area (Å²) in [5, 5.41) is 35.4. The normalized spacial score (nSPS) is 27.3. The molecule has 3 N–H and O–H groups in total. The highest BCUT2D eigenvalue weighted by molar-refractivity contribution is 6.03. The maximum Gasteiger partial charge on any atom is 0.410 e. The Labute approximate surface area is 329 Å². The highest BCUT2D eigenvalue weighted by Crippen LogP contribution is 2.62. The molecule has 304 valence electrons. The fourth-order valence-electron chi connectivity index (χ4n) is 8.98. The van der Waals surface area contributed by atoms with Crippen molar-refractivity contribution in [2.45, 2.75) is 101 Å². The van der Waals surface area contributed by atoms with E-state index in [1.807, 2.05) is 0 Å². The fourth-order valence-corrected chi connectivity index (χ4v) is 8.98. The van der Waals surface area contributed by atoms with Crippen LogP contribution in [0.5, 0.6) is 11.5 Å². The van der Waals surface area contributed by atoms with Crippen LogP contribution in [-0.4, -0.2) is 83.2 Å². The Morgan fingerprint density at radius 3 is 2.54 bits per heavy atom. The van der Waals surface area contributed by atoms with Crippen LogP contribution in [0.1, 0.15) is 87.7 Å². The number of hydrogen-bond acceptors (Lipinski definition) is 10. The van der Waals surface area contributed by atoms with E-state index in [1.165, 1.54) is 12.1 Å². The van der Waals surface area contributed by atoms with E-state index in [4.69, 9.17) is 28.9 Å². The molecule has 12 heteroatoms. The number of oxime groups is 1. The number of amides is 1. The van der Waals surface area contributed by atoms with Gasteiger partial charge in [-0.1, -0.05) is 48.4 Å². The van der Waals surface area contributed by atoms with Gasteiger partial charge in [-0.15, -0.1) is 13.2 Å². The Kier molecular flexibility index (Phi) is 14.6. The largest absolute Gasteiger partial charge is 0.508 e. The topological polar surface area (TPSA) is 140 Å². The van der Waals surface area contributed by atoms with E-state index in [-0.39, 0.29) is 62.9 Å². The van der Waals surface area contributed by atoms with Crippen molar-refractivity contribution >= 4 is 11.8 Å². The number of nitrogens with zero attached hydrogens (tertiary/aromatic N) is 2. The SMILES string of the molecule is C=CCCOC(=O)N(Cc1ccc(F)cc1)[C@H]1CC(=NOC2CCCCO2)C2=C[C@H](CCCCO)[C@@H](CCCCO)[C@@H]3c4cc(O)ccc4O[C@@]1(OCC=C)[C@H]23. The van der Waals surface area contributed by atoms with Gasteiger partial charge in [-0.3, -0.25) is 4.90 Å². The molecule has 0 aromatic heterocycles. The molecule has 1 amide bonds. The number of ether oxygens (including phenoxy) is 4. The quantitative estimate of drug-likeness (QED) is 0.0738. The predicted molar refractivity (Wildman–Crippen MR) is 209 cm³/mol. The Morgan fingerprint density at radius 2 is 1.82 bits per heavy atom. The van der Waals surface area contributed by atoms with E-state index >= 15 is 0 Å². The van der Waals surface area contributed by atoms with E-state index in [2.05, 4.69) is 19.2 Å². The number of allylic oxidation sites excluding steroid dienone is 1. The molecule has 1 unspecified atom stereocenters. The first-order valence-electron chi connectivity index (χ1n) is 20.2. The van der Waals surface area contributed by atoms with Crippen LogP contribution in [0.25, 0.3) is 0 Å². The molecule has 1 saturated carbocycles. The molecule has 0 bridgehead atoms. The second-order valence-corrected chi connectivity index (χ2v) is 15.1. The number of aliphatic hydroxyl groups is 2. The van der Waals surface area contributed by atoms with Crippen LogP contribution in [0.4, 0.5) is 9.18 Å². The summed E-state index contributed by atoms with van der Waals surface area (Å²) in [7, 11) is 0. The summed E-state index contributed by atoms with van der Waals surface area (Å²) in [5.41, 5.74) is 2.97. The van der Waals surface area contributed by atoms with Gasteiger partial charge in [0.25, 0.3) is 0 Å². The lowest BCUT2D eigenvalue weighted by Gasteiger charge is -2.59. The maximum absolute atomic E-state index is 14.4. The standard InChI is InChI=1S/C44H57FN2O9/c1-3-5-24-53-43(51)47(29-30-15-17-32(45)18-16-30)39-28-37(46-56-40-14-8-11-25-52-40)35-26-31(12-6-9-21-48)34(13-7-10-22-49)41-36-27-33(50)19-20-38(36)55-44(39,42(35)41)54-23-4-2/h3-4,15-20,26-27,31,34,39-42,48-50H,1-2,5-14,21-25,28-29H2/t31-,34+,39-,40?,41+,42+,44+/m0/s1. The van der Waals surface area contributed by atoms with E-state index < -0.39 is 35.9 Å². The summed E-state index contributed by atoms with van der Waals surface area (Å²) in [6.45, 7) is 8.71. The van der Waals surface area contributed by atoms with Crippen LogP contribution < -0.4 is 4.74 Å². The van der Waals surface area contributed by atoms with Gasteiger partial charge in [-0.2, -0.15) is 0 Å². The van der Waals surface area contributed by atoms with Gasteiger partial charge in [0.1, 0.15) is 23.4 Å². The van der Waals surface area contributed by atoms with Crippen LogP contribution in [0.3, 0.4) is 0 Å². The third-order valence-electron chi connectivity index (χ3n) is 11.5. The summed E-state index contributed by atoms with van der Waals surface area (Å²) in [4.78, 5) is 22.2.